The van der Waals surface area contributed by atoms with Crippen molar-refractivity contribution in [2.75, 3.05) is 12.4 Å². The smallest absolute Gasteiger partial charge is 0.142 e. The van der Waals surface area contributed by atoms with Crippen LogP contribution in [-0.4, -0.2) is 7.11 Å². The Balaban J connectivity index is 2.38. The highest BCUT2D eigenvalue weighted by Crippen LogP contribution is 2.31. The predicted molar refractivity (Wildman–Crippen MR) is 82.8 cm³/mol. The van der Waals surface area contributed by atoms with Gasteiger partial charge in [-0.1, -0.05) is 31.9 Å². The van der Waals surface area contributed by atoms with Crippen molar-refractivity contribution in [2.45, 2.75) is 0 Å². The van der Waals surface area contributed by atoms with Crippen LogP contribution in [0.15, 0.2) is 45.3 Å². The Bertz CT molecular complexity index is 650. The minimum Gasteiger partial charge on any atom is -0.495 e. The molecule has 0 unspecified atom stereocenters. The molecule has 2 aromatic rings. The van der Waals surface area contributed by atoms with Crippen LogP contribution < -0.4 is 10.1 Å². The predicted octanol–water partition coefficient (Wildman–Crippen LogP) is 4.84. The number of anilines is 2. The molecule has 0 aromatic heterocycles. The van der Waals surface area contributed by atoms with Crippen LogP contribution in [0.2, 0.25) is 0 Å². The molecule has 0 radical (unpaired) electrons. The van der Waals surface area contributed by atoms with Gasteiger partial charge in [-0.25, -0.2) is 0 Å². The van der Waals surface area contributed by atoms with E-state index in [0.717, 1.165) is 26.1 Å². The number of methoxy groups -OCH3 is 1. The molecule has 0 heterocycles. The van der Waals surface area contributed by atoms with Crippen molar-refractivity contribution >= 4 is 43.2 Å². The normalized spacial score (nSPS) is 9.79. The average Bonchev–Trinajstić information content (AvgIpc) is 2.38. The summed E-state index contributed by atoms with van der Waals surface area (Å²) in [6.07, 6.45) is 0. The summed E-state index contributed by atoms with van der Waals surface area (Å²) in [6, 6.07) is 13.3. The molecule has 1 N–H and O–H groups in total. The van der Waals surface area contributed by atoms with E-state index < -0.39 is 0 Å². The van der Waals surface area contributed by atoms with Crippen LogP contribution in [0, 0.1) is 11.3 Å². The molecule has 0 saturated heterocycles. The van der Waals surface area contributed by atoms with Crippen LogP contribution in [0.3, 0.4) is 0 Å². The van der Waals surface area contributed by atoms with Crippen LogP contribution in [0.4, 0.5) is 11.4 Å². The number of nitrogens with one attached hydrogen (secondary N) is 1. The molecule has 19 heavy (non-hydrogen) atoms. The topological polar surface area (TPSA) is 45.0 Å². The first-order valence-electron chi connectivity index (χ1n) is 5.43. The molecule has 96 valence electrons. The zero-order chi connectivity index (χ0) is 13.8. The van der Waals surface area contributed by atoms with Crippen molar-refractivity contribution in [3.63, 3.8) is 0 Å². The summed E-state index contributed by atoms with van der Waals surface area (Å²) in [7, 11) is 1.62. The summed E-state index contributed by atoms with van der Waals surface area (Å²) in [5.41, 5.74) is 2.24. The first kappa shape index (κ1) is 13.9. The number of ether oxygens (including phenoxy) is 1. The van der Waals surface area contributed by atoms with Crippen LogP contribution in [0.1, 0.15) is 5.56 Å². The lowest BCUT2D eigenvalue weighted by molar-refractivity contribution is 0.417. The summed E-state index contributed by atoms with van der Waals surface area (Å²) < 4.78 is 7.10. The molecule has 3 nitrogen and oxygen atoms in total. The zero-order valence-electron chi connectivity index (χ0n) is 10.1. The molecule has 2 rings (SSSR count). The maximum absolute atomic E-state index is 8.97. The summed E-state index contributed by atoms with van der Waals surface area (Å²) in [5, 5.41) is 12.2. The van der Waals surface area contributed by atoms with Gasteiger partial charge in [0.15, 0.2) is 0 Å². The van der Waals surface area contributed by atoms with E-state index in [9.17, 15) is 0 Å². The van der Waals surface area contributed by atoms with Gasteiger partial charge < -0.3 is 10.1 Å². The third-order valence-corrected chi connectivity index (χ3v) is 3.42. The van der Waals surface area contributed by atoms with Gasteiger partial charge in [0.2, 0.25) is 0 Å². The zero-order valence-corrected chi connectivity index (χ0v) is 13.2. The molecule has 0 aliphatic heterocycles. The fourth-order valence-electron chi connectivity index (χ4n) is 1.66. The molecule has 2 aromatic carbocycles. The monoisotopic (exact) mass is 380 g/mol. The van der Waals surface area contributed by atoms with Crippen LogP contribution in [0.5, 0.6) is 5.75 Å². The molecule has 5 heteroatoms. The highest BCUT2D eigenvalue weighted by Gasteiger charge is 2.05. The Morgan fingerprint density at radius 3 is 2.58 bits per heavy atom. The maximum atomic E-state index is 8.97. The Labute approximate surface area is 128 Å². The second-order valence-corrected chi connectivity index (χ2v) is 5.64. The molecule has 0 aliphatic rings. The number of rotatable bonds is 3. The van der Waals surface area contributed by atoms with E-state index in [1.807, 2.05) is 24.3 Å². The van der Waals surface area contributed by atoms with Gasteiger partial charge in [0.05, 0.1) is 24.4 Å². The van der Waals surface area contributed by atoms with Crippen molar-refractivity contribution in [2.24, 2.45) is 0 Å². The van der Waals surface area contributed by atoms with Gasteiger partial charge in [0.1, 0.15) is 5.75 Å². The molecular weight excluding hydrogens is 372 g/mol. The molecule has 0 saturated carbocycles. The lowest BCUT2D eigenvalue weighted by Gasteiger charge is -2.12. The second-order valence-electron chi connectivity index (χ2n) is 3.81. The fourth-order valence-corrected chi connectivity index (χ4v) is 2.51. The Morgan fingerprint density at radius 2 is 1.89 bits per heavy atom. The van der Waals surface area contributed by atoms with Gasteiger partial charge in [0, 0.05) is 14.6 Å². The average molecular weight is 382 g/mol. The standard InChI is InChI=1S/C14H10Br2N2O/c1-19-14-3-2-10(15)7-13(14)18-12-5-9(8-17)4-11(16)6-12/h2-7,18H,1H3. The highest BCUT2D eigenvalue weighted by atomic mass is 79.9. The number of nitrogens with zero attached hydrogens (tertiary/aromatic N) is 1. The molecular formula is C14H10Br2N2O. The minimum absolute atomic E-state index is 0.589. The molecule has 0 fully saturated rings. The number of nitriles is 1. The Morgan fingerprint density at radius 1 is 1.11 bits per heavy atom. The van der Waals surface area contributed by atoms with Crippen molar-refractivity contribution in [3.8, 4) is 11.8 Å². The minimum atomic E-state index is 0.589. The summed E-state index contributed by atoms with van der Waals surface area (Å²) in [6.45, 7) is 0. The van der Waals surface area contributed by atoms with Gasteiger partial charge in [0.25, 0.3) is 0 Å². The summed E-state index contributed by atoms with van der Waals surface area (Å²) >= 11 is 6.81. The van der Waals surface area contributed by atoms with E-state index in [0.29, 0.717) is 5.56 Å². The quantitative estimate of drug-likeness (QED) is 0.827. The van der Waals surface area contributed by atoms with E-state index in [2.05, 4.69) is 43.2 Å². The van der Waals surface area contributed by atoms with Crippen molar-refractivity contribution in [1.29, 1.82) is 5.26 Å². The van der Waals surface area contributed by atoms with E-state index in [1.165, 1.54) is 0 Å². The number of hydrogen-bond acceptors (Lipinski definition) is 3. The molecule has 0 amide bonds. The lowest BCUT2D eigenvalue weighted by atomic mass is 10.2. The van der Waals surface area contributed by atoms with E-state index in [-0.39, 0.29) is 0 Å². The third-order valence-electron chi connectivity index (χ3n) is 2.47. The Hall–Kier alpha value is -1.51. The molecule has 0 spiro atoms. The first-order valence-corrected chi connectivity index (χ1v) is 7.02. The molecule has 0 atom stereocenters. The highest BCUT2D eigenvalue weighted by molar-refractivity contribution is 9.10. The van der Waals surface area contributed by atoms with Crippen molar-refractivity contribution < 1.29 is 4.74 Å². The number of hydrogen-bond donors (Lipinski definition) is 1. The molecule has 0 bridgehead atoms. The van der Waals surface area contributed by atoms with Crippen molar-refractivity contribution in [1.82, 2.24) is 0 Å². The van der Waals surface area contributed by atoms with Gasteiger partial charge in [-0.3, -0.25) is 0 Å². The van der Waals surface area contributed by atoms with Crippen molar-refractivity contribution in [3.05, 3.63) is 50.9 Å². The van der Waals surface area contributed by atoms with E-state index >= 15 is 0 Å². The van der Waals surface area contributed by atoms with Gasteiger partial charge in [-0.15, -0.1) is 0 Å². The molecule has 0 aliphatic carbocycles. The van der Waals surface area contributed by atoms with Gasteiger partial charge >= 0.3 is 0 Å². The summed E-state index contributed by atoms with van der Waals surface area (Å²) in [5.74, 6) is 0.738. The van der Waals surface area contributed by atoms with Crippen LogP contribution >= 0.6 is 31.9 Å². The third kappa shape index (κ3) is 3.49. The van der Waals surface area contributed by atoms with Crippen LogP contribution in [0.25, 0.3) is 0 Å². The SMILES string of the molecule is COc1ccc(Br)cc1Nc1cc(Br)cc(C#N)c1. The van der Waals surface area contributed by atoms with Gasteiger partial charge in [-0.2, -0.15) is 5.26 Å². The maximum Gasteiger partial charge on any atom is 0.142 e. The largest absolute Gasteiger partial charge is 0.495 e. The number of halogens is 2. The number of benzene rings is 2. The van der Waals surface area contributed by atoms with E-state index in [1.54, 1.807) is 19.2 Å². The Kier molecular flexibility index (Phi) is 4.46. The first-order chi connectivity index (χ1) is 9.12. The fraction of sp³-hybridized carbons (Fsp3) is 0.0714. The van der Waals surface area contributed by atoms with E-state index in [4.69, 9.17) is 10.00 Å². The van der Waals surface area contributed by atoms with Gasteiger partial charge in [-0.05, 0) is 36.4 Å². The van der Waals surface area contributed by atoms with Crippen LogP contribution in [-0.2, 0) is 0 Å². The summed E-state index contributed by atoms with van der Waals surface area (Å²) in [4.78, 5) is 0. The second kappa shape index (κ2) is 6.09. The lowest BCUT2D eigenvalue weighted by Crippen LogP contribution is -1.95.